The number of amides is 3. The molecular weight excluding hydrogens is 484 g/mol. The van der Waals surface area contributed by atoms with Gasteiger partial charge in [0.2, 0.25) is 17.7 Å². The zero-order chi connectivity index (χ0) is 26.1. The molecule has 7 atom stereocenters. The first-order chi connectivity index (χ1) is 18.4. The lowest BCUT2D eigenvalue weighted by molar-refractivity contribution is -0.139. The van der Waals surface area contributed by atoms with E-state index in [0.29, 0.717) is 35.6 Å². The molecule has 7 unspecified atom stereocenters. The van der Waals surface area contributed by atoms with Crippen LogP contribution in [0.1, 0.15) is 19.8 Å². The predicted molar refractivity (Wildman–Crippen MR) is 137 cm³/mol. The summed E-state index contributed by atoms with van der Waals surface area (Å²) in [4.78, 5) is 55.0. The van der Waals surface area contributed by atoms with Gasteiger partial charge in [0.1, 0.15) is 11.5 Å². The third-order valence-corrected chi connectivity index (χ3v) is 8.89. The van der Waals surface area contributed by atoms with Crippen LogP contribution in [0.2, 0.25) is 0 Å². The van der Waals surface area contributed by atoms with Crippen molar-refractivity contribution in [3.63, 3.8) is 0 Å². The fourth-order valence-electron chi connectivity index (χ4n) is 7.08. The van der Waals surface area contributed by atoms with Crippen LogP contribution in [0, 0.1) is 41.4 Å². The number of hydrogen-bond donors (Lipinski definition) is 0. The summed E-state index contributed by atoms with van der Waals surface area (Å²) in [5.74, 6) is 0.532. The van der Waals surface area contributed by atoms with Gasteiger partial charge in [0.25, 0.3) is 0 Å². The van der Waals surface area contributed by atoms with Crippen molar-refractivity contribution < 1.29 is 28.7 Å². The number of nitrogens with zero attached hydrogens (tertiary/aromatic N) is 2. The zero-order valence-electron chi connectivity index (χ0n) is 21.0. The monoisotopic (exact) mass is 512 g/mol. The number of carbonyl (C=O) groups excluding carboxylic acids is 4. The van der Waals surface area contributed by atoms with Crippen molar-refractivity contribution in [1.82, 2.24) is 0 Å². The van der Waals surface area contributed by atoms with Crippen LogP contribution in [0.15, 0.2) is 60.7 Å². The molecule has 2 heterocycles. The first-order valence-electron chi connectivity index (χ1n) is 13.4. The first-order valence-corrected chi connectivity index (χ1v) is 13.4. The largest absolute Gasteiger partial charge is 0.494 e. The van der Waals surface area contributed by atoms with Crippen LogP contribution in [-0.2, 0) is 19.2 Å². The topological polar surface area (TPSA) is 93.2 Å². The van der Waals surface area contributed by atoms with E-state index in [1.807, 2.05) is 6.92 Å². The molecule has 2 aromatic rings. The van der Waals surface area contributed by atoms with E-state index >= 15 is 0 Å². The molecule has 0 spiro atoms. The van der Waals surface area contributed by atoms with Gasteiger partial charge >= 0.3 is 5.97 Å². The van der Waals surface area contributed by atoms with Gasteiger partial charge in [-0.2, -0.15) is 0 Å². The lowest BCUT2D eigenvalue weighted by Crippen LogP contribution is -2.40. The fourth-order valence-corrected chi connectivity index (χ4v) is 7.08. The highest BCUT2D eigenvalue weighted by molar-refractivity contribution is 6.22. The Morgan fingerprint density at radius 3 is 2.03 bits per heavy atom. The predicted octanol–water partition coefficient (Wildman–Crippen LogP) is 3.60. The Labute approximate surface area is 220 Å². The Balaban J connectivity index is 1.01. The highest BCUT2D eigenvalue weighted by atomic mass is 16.5. The summed E-state index contributed by atoms with van der Waals surface area (Å²) >= 11 is 0. The fraction of sp³-hybridized carbons (Fsp3) is 0.400. The number of imide groups is 1. The molecule has 0 radical (unpaired) electrons. The summed E-state index contributed by atoms with van der Waals surface area (Å²) in [5.41, 5.74) is 1.21. The number of esters is 1. The van der Waals surface area contributed by atoms with Gasteiger partial charge in [0.05, 0.1) is 30.0 Å². The van der Waals surface area contributed by atoms with Gasteiger partial charge < -0.3 is 14.4 Å². The molecule has 2 aliphatic heterocycles. The molecule has 8 nitrogen and oxygen atoms in total. The van der Waals surface area contributed by atoms with Gasteiger partial charge in [-0.3, -0.25) is 24.1 Å². The Bertz CT molecular complexity index is 1330. The van der Waals surface area contributed by atoms with Gasteiger partial charge in [-0.1, -0.05) is 12.2 Å². The average molecular weight is 513 g/mol. The quantitative estimate of drug-likeness (QED) is 0.254. The zero-order valence-corrected chi connectivity index (χ0v) is 21.0. The van der Waals surface area contributed by atoms with E-state index in [-0.39, 0.29) is 54.4 Å². The van der Waals surface area contributed by atoms with E-state index in [2.05, 4.69) is 12.2 Å². The van der Waals surface area contributed by atoms with E-state index in [4.69, 9.17) is 9.47 Å². The minimum absolute atomic E-state index is 0.0715. The molecule has 4 fully saturated rings. The molecule has 2 saturated heterocycles. The van der Waals surface area contributed by atoms with Crippen molar-refractivity contribution in [2.75, 3.05) is 23.0 Å². The van der Waals surface area contributed by atoms with Crippen LogP contribution >= 0.6 is 0 Å². The van der Waals surface area contributed by atoms with Crippen LogP contribution in [0.25, 0.3) is 0 Å². The summed E-state index contributed by atoms with van der Waals surface area (Å²) in [6.07, 6.45) is 5.51. The van der Waals surface area contributed by atoms with Crippen molar-refractivity contribution in [3.05, 3.63) is 60.7 Å². The van der Waals surface area contributed by atoms with E-state index in [0.717, 1.165) is 12.2 Å². The second kappa shape index (κ2) is 8.55. The Morgan fingerprint density at radius 2 is 1.42 bits per heavy atom. The highest BCUT2D eigenvalue weighted by Crippen LogP contribution is 2.65. The summed E-state index contributed by atoms with van der Waals surface area (Å²) < 4.78 is 11.0. The summed E-state index contributed by atoms with van der Waals surface area (Å²) in [6.45, 7) is 2.70. The number of carbonyl (C=O) groups is 4. The highest BCUT2D eigenvalue weighted by Gasteiger charge is 2.67. The molecule has 2 bridgehead atoms. The number of anilines is 2. The maximum atomic E-state index is 13.3. The molecule has 2 aromatic carbocycles. The van der Waals surface area contributed by atoms with Crippen molar-refractivity contribution in [1.29, 1.82) is 0 Å². The number of allylic oxidation sites excluding steroid dienone is 2. The first kappa shape index (κ1) is 23.2. The summed E-state index contributed by atoms with van der Waals surface area (Å²) in [5, 5.41) is 0. The lowest BCUT2D eigenvalue weighted by Gasteiger charge is -2.37. The van der Waals surface area contributed by atoms with Crippen molar-refractivity contribution in [3.8, 4) is 11.5 Å². The molecule has 3 amide bonds. The van der Waals surface area contributed by atoms with Crippen LogP contribution in [0.4, 0.5) is 11.4 Å². The summed E-state index contributed by atoms with van der Waals surface area (Å²) in [6, 6.07) is 13.7. The molecule has 8 heteroatoms. The van der Waals surface area contributed by atoms with E-state index in [1.165, 1.54) is 4.90 Å². The van der Waals surface area contributed by atoms with E-state index in [1.54, 1.807) is 53.4 Å². The smallest absolute Gasteiger partial charge is 0.316 e. The van der Waals surface area contributed by atoms with Gasteiger partial charge in [-0.25, -0.2) is 0 Å². The lowest BCUT2D eigenvalue weighted by atomic mass is 9.63. The van der Waals surface area contributed by atoms with Crippen molar-refractivity contribution in [2.24, 2.45) is 41.4 Å². The third kappa shape index (κ3) is 3.50. The Hall–Kier alpha value is -3.94. The molecule has 4 aliphatic carbocycles. The number of rotatable bonds is 6. The average Bonchev–Trinajstić information content (AvgIpc) is 3.60. The molecule has 8 rings (SSSR count). The Kier molecular flexibility index (Phi) is 5.22. The van der Waals surface area contributed by atoms with Crippen molar-refractivity contribution in [2.45, 2.75) is 19.8 Å². The molecule has 194 valence electrons. The minimum Gasteiger partial charge on any atom is -0.494 e. The number of hydrogen-bond acceptors (Lipinski definition) is 6. The van der Waals surface area contributed by atoms with Gasteiger partial charge in [0, 0.05) is 18.7 Å². The van der Waals surface area contributed by atoms with Crippen LogP contribution in [0.5, 0.6) is 11.5 Å². The van der Waals surface area contributed by atoms with Crippen LogP contribution in [0.3, 0.4) is 0 Å². The van der Waals surface area contributed by atoms with Gasteiger partial charge in [-0.15, -0.1) is 0 Å². The minimum atomic E-state index is -0.590. The maximum Gasteiger partial charge on any atom is 0.316 e. The second-order valence-electron chi connectivity index (χ2n) is 10.9. The standard InChI is InChI=1S/C30H28N2O6/c1-2-37-19-7-3-17(4-8-19)31-15-16(13-25(31)33)30(36)38-20-9-5-18(6-10-20)32-28(34)26-21-11-12-22(24-14-23(21)24)27(26)29(32)35/h3-12,16,21-24,26-27H,2,13-15H2,1H3. The normalized spacial score (nSPS) is 32.4. The summed E-state index contributed by atoms with van der Waals surface area (Å²) in [7, 11) is 0. The molecule has 38 heavy (non-hydrogen) atoms. The SMILES string of the molecule is CCOc1ccc(N2CC(C(=O)Oc3ccc(N4C(=O)C5C6C=CC(C7CC67)C5C4=O)cc3)CC2=O)cc1. The van der Waals surface area contributed by atoms with Crippen molar-refractivity contribution >= 4 is 35.1 Å². The molecule has 6 aliphatic rings. The van der Waals surface area contributed by atoms with Crippen LogP contribution in [-0.4, -0.2) is 36.8 Å². The Morgan fingerprint density at radius 1 is 0.842 bits per heavy atom. The maximum absolute atomic E-state index is 13.3. The number of benzene rings is 2. The van der Waals surface area contributed by atoms with Crippen LogP contribution < -0.4 is 19.3 Å². The molecule has 2 saturated carbocycles. The molecule has 0 N–H and O–H groups in total. The van der Waals surface area contributed by atoms with Gasteiger partial charge in [-0.05, 0) is 85.5 Å². The van der Waals surface area contributed by atoms with Gasteiger partial charge in [0.15, 0.2) is 0 Å². The third-order valence-electron chi connectivity index (χ3n) is 8.89. The van der Waals surface area contributed by atoms with E-state index < -0.39 is 11.9 Å². The second-order valence-corrected chi connectivity index (χ2v) is 10.9. The number of ether oxygens (including phenoxy) is 2. The molecule has 0 aromatic heterocycles. The van der Waals surface area contributed by atoms with E-state index in [9.17, 15) is 19.2 Å². The molecular formula is C30H28N2O6.